The molecule has 0 saturated carbocycles. The van der Waals surface area contributed by atoms with E-state index in [2.05, 4.69) is 6.92 Å². The average molecular weight is 479 g/mol. The number of para-hydroxylation sites is 1. The molecule has 0 aliphatic carbocycles. The summed E-state index contributed by atoms with van der Waals surface area (Å²) in [4.78, 5) is 15.2. The molecule has 174 valence electrons. The number of hydrogen-bond acceptors (Lipinski definition) is 5. The number of amides is 1. The van der Waals surface area contributed by atoms with E-state index in [-0.39, 0.29) is 17.2 Å². The molecule has 7 nitrogen and oxygen atoms in total. The summed E-state index contributed by atoms with van der Waals surface area (Å²) in [5.74, 6) is -0.190. The fourth-order valence-electron chi connectivity index (χ4n) is 3.87. The predicted molar refractivity (Wildman–Crippen MR) is 128 cm³/mol. The van der Waals surface area contributed by atoms with Gasteiger partial charge in [0.15, 0.2) is 9.84 Å². The molecule has 0 saturated heterocycles. The molecule has 1 heterocycles. The highest BCUT2D eigenvalue weighted by Gasteiger charge is 2.30. The second-order valence-electron chi connectivity index (χ2n) is 8.12. The van der Waals surface area contributed by atoms with Crippen molar-refractivity contribution in [1.82, 2.24) is 0 Å². The molecule has 2 aromatic carbocycles. The summed E-state index contributed by atoms with van der Waals surface area (Å²) in [6, 6.07) is 11.5. The van der Waals surface area contributed by atoms with Crippen molar-refractivity contribution in [1.29, 1.82) is 0 Å². The van der Waals surface area contributed by atoms with E-state index in [9.17, 15) is 21.6 Å². The van der Waals surface area contributed by atoms with Crippen molar-refractivity contribution < 1.29 is 21.6 Å². The highest BCUT2D eigenvalue weighted by molar-refractivity contribution is 7.92. The van der Waals surface area contributed by atoms with Gasteiger partial charge in [0, 0.05) is 19.3 Å². The molecule has 0 spiro atoms. The minimum atomic E-state index is -3.53. The third-order valence-electron chi connectivity index (χ3n) is 5.79. The van der Waals surface area contributed by atoms with Gasteiger partial charge in [-0.3, -0.25) is 9.10 Å². The Morgan fingerprint density at radius 3 is 2.44 bits per heavy atom. The largest absolute Gasteiger partial charge is 0.308 e. The number of rotatable bonds is 9. The zero-order valence-electron chi connectivity index (χ0n) is 18.7. The predicted octanol–water partition coefficient (Wildman–Crippen LogP) is 3.64. The Kier molecular flexibility index (Phi) is 7.29. The van der Waals surface area contributed by atoms with E-state index in [1.165, 1.54) is 7.05 Å². The van der Waals surface area contributed by atoms with E-state index in [0.717, 1.165) is 35.4 Å². The van der Waals surface area contributed by atoms with Crippen LogP contribution in [0.3, 0.4) is 0 Å². The van der Waals surface area contributed by atoms with Crippen LogP contribution in [0.25, 0.3) is 0 Å². The molecule has 0 atom stereocenters. The Hall–Kier alpha value is -2.39. The maximum absolute atomic E-state index is 13.3. The Morgan fingerprint density at radius 2 is 1.75 bits per heavy atom. The van der Waals surface area contributed by atoms with Gasteiger partial charge in [-0.1, -0.05) is 38.3 Å². The number of nitrogens with zero attached hydrogens (tertiary/aromatic N) is 2. The lowest BCUT2D eigenvalue weighted by molar-refractivity contribution is 0.0990. The van der Waals surface area contributed by atoms with Crippen LogP contribution in [0.1, 0.15) is 48.5 Å². The maximum Gasteiger partial charge on any atom is 0.260 e. The highest BCUT2D eigenvalue weighted by atomic mass is 32.2. The quantitative estimate of drug-likeness (QED) is 0.513. The minimum absolute atomic E-state index is 0.125. The van der Waals surface area contributed by atoms with Gasteiger partial charge in [-0.25, -0.2) is 16.8 Å². The Morgan fingerprint density at radius 1 is 1.03 bits per heavy atom. The molecule has 9 heteroatoms. The van der Waals surface area contributed by atoms with Gasteiger partial charge in [-0.2, -0.15) is 0 Å². The van der Waals surface area contributed by atoms with Crippen LogP contribution in [0.4, 0.5) is 11.4 Å². The Bertz CT molecular complexity index is 1210. The fraction of sp³-hybridized carbons (Fsp3) is 0.435. The standard InChI is InChI=1S/C23H30N2O5S2/c1-4-5-6-9-16-32(29,30)19-12-13-21-18(17-19)14-15-25(21)23(26)20-10-7-8-11-22(20)24(2)31(3,27)28/h7-8,10-13,17H,4-6,9,14-16H2,1-3H3. The number of benzene rings is 2. The zero-order valence-corrected chi connectivity index (χ0v) is 20.4. The van der Waals surface area contributed by atoms with Crippen molar-refractivity contribution in [3.8, 4) is 0 Å². The molecule has 0 fully saturated rings. The first-order valence-corrected chi connectivity index (χ1v) is 14.3. The van der Waals surface area contributed by atoms with Gasteiger partial charge < -0.3 is 4.90 Å². The third-order valence-corrected chi connectivity index (χ3v) is 8.78. The van der Waals surface area contributed by atoms with E-state index < -0.39 is 19.9 Å². The first-order valence-electron chi connectivity index (χ1n) is 10.8. The molecular weight excluding hydrogens is 448 g/mol. The SMILES string of the molecule is CCCCCCS(=O)(=O)c1ccc2c(c1)CCN2C(=O)c1ccccc1N(C)S(C)(=O)=O. The molecule has 3 rings (SSSR count). The monoisotopic (exact) mass is 478 g/mol. The zero-order chi connectivity index (χ0) is 23.5. The molecule has 0 N–H and O–H groups in total. The van der Waals surface area contributed by atoms with Crippen LogP contribution < -0.4 is 9.21 Å². The van der Waals surface area contributed by atoms with Crippen LogP contribution in [0.5, 0.6) is 0 Å². The van der Waals surface area contributed by atoms with E-state index in [4.69, 9.17) is 0 Å². The number of carbonyl (C=O) groups is 1. The van der Waals surface area contributed by atoms with E-state index >= 15 is 0 Å². The smallest absolute Gasteiger partial charge is 0.260 e. The summed E-state index contributed by atoms with van der Waals surface area (Å²) < 4.78 is 50.5. The number of sulfonamides is 1. The highest BCUT2D eigenvalue weighted by Crippen LogP contribution is 2.33. The maximum atomic E-state index is 13.3. The number of anilines is 2. The molecule has 0 unspecified atom stereocenters. The van der Waals surface area contributed by atoms with Gasteiger partial charge in [0.05, 0.1) is 28.2 Å². The second-order valence-corrected chi connectivity index (χ2v) is 12.2. The Balaban J connectivity index is 1.86. The van der Waals surface area contributed by atoms with Crippen LogP contribution >= 0.6 is 0 Å². The van der Waals surface area contributed by atoms with E-state index in [1.54, 1.807) is 47.4 Å². The molecule has 32 heavy (non-hydrogen) atoms. The molecule has 0 aromatic heterocycles. The third kappa shape index (κ3) is 5.15. The van der Waals surface area contributed by atoms with Gasteiger partial charge in [0.25, 0.3) is 5.91 Å². The summed E-state index contributed by atoms with van der Waals surface area (Å²) >= 11 is 0. The van der Waals surface area contributed by atoms with Gasteiger partial charge in [-0.05, 0) is 48.7 Å². The first kappa shape index (κ1) is 24.3. The van der Waals surface area contributed by atoms with Crippen molar-refractivity contribution in [2.45, 2.75) is 43.9 Å². The molecule has 1 amide bonds. The second kappa shape index (κ2) is 9.62. The van der Waals surface area contributed by atoms with Crippen molar-refractivity contribution in [2.75, 3.05) is 34.8 Å². The lowest BCUT2D eigenvalue weighted by Gasteiger charge is -2.23. The Labute approximate surface area is 191 Å². The molecule has 2 aromatic rings. The summed E-state index contributed by atoms with van der Waals surface area (Å²) in [5.41, 5.74) is 2.05. The van der Waals surface area contributed by atoms with Crippen molar-refractivity contribution in [3.63, 3.8) is 0 Å². The normalized spacial score (nSPS) is 13.8. The summed E-state index contributed by atoms with van der Waals surface area (Å²) in [5, 5.41) is 0. The first-order chi connectivity index (χ1) is 15.1. The number of unbranched alkanes of at least 4 members (excludes halogenated alkanes) is 3. The van der Waals surface area contributed by atoms with Crippen LogP contribution in [0, 0.1) is 0 Å². The van der Waals surface area contributed by atoms with Gasteiger partial charge in [-0.15, -0.1) is 0 Å². The minimum Gasteiger partial charge on any atom is -0.308 e. The van der Waals surface area contributed by atoms with Crippen LogP contribution in [-0.4, -0.2) is 48.3 Å². The number of hydrogen-bond donors (Lipinski definition) is 0. The average Bonchev–Trinajstić information content (AvgIpc) is 3.18. The van der Waals surface area contributed by atoms with Crippen LogP contribution in [0.2, 0.25) is 0 Å². The van der Waals surface area contributed by atoms with Gasteiger partial charge in [0.1, 0.15) is 0 Å². The molecule has 1 aliphatic heterocycles. The number of sulfone groups is 1. The molecule has 1 aliphatic rings. The van der Waals surface area contributed by atoms with Crippen molar-refractivity contribution in [3.05, 3.63) is 53.6 Å². The van der Waals surface area contributed by atoms with Crippen molar-refractivity contribution >= 4 is 37.1 Å². The van der Waals surface area contributed by atoms with Gasteiger partial charge >= 0.3 is 0 Å². The lowest BCUT2D eigenvalue weighted by atomic mass is 10.1. The fourth-order valence-corrected chi connectivity index (χ4v) is 5.81. The number of fused-ring (bicyclic) bond motifs is 1. The van der Waals surface area contributed by atoms with Gasteiger partial charge in [0.2, 0.25) is 10.0 Å². The van der Waals surface area contributed by atoms with Crippen LogP contribution in [0.15, 0.2) is 47.4 Å². The molecule has 0 bridgehead atoms. The van der Waals surface area contributed by atoms with Crippen LogP contribution in [-0.2, 0) is 26.3 Å². The topological polar surface area (TPSA) is 91.8 Å². The number of carbonyl (C=O) groups excluding carboxylic acids is 1. The lowest BCUT2D eigenvalue weighted by Crippen LogP contribution is -2.32. The summed E-state index contributed by atoms with van der Waals surface area (Å²) in [6.07, 6.45) is 5.24. The van der Waals surface area contributed by atoms with E-state index in [1.807, 2.05) is 0 Å². The van der Waals surface area contributed by atoms with E-state index in [0.29, 0.717) is 35.7 Å². The summed E-state index contributed by atoms with van der Waals surface area (Å²) in [7, 11) is -5.48. The molecular formula is C23H30N2O5S2. The van der Waals surface area contributed by atoms with Crippen molar-refractivity contribution in [2.24, 2.45) is 0 Å². The molecule has 0 radical (unpaired) electrons. The summed E-state index contributed by atoms with van der Waals surface area (Å²) in [6.45, 7) is 2.49.